The molecule has 116 valence electrons. The molecule has 0 aliphatic rings. The van der Waals surface area contributed by atoms with Gasteiger partial charge < -0.3 is 10.3 Å². The lowest BCUT2D eigenvalue weighted by molar-refractivity contribution is 0.0938. The number of pyridine rings is 1. The third-order valence-corrected chi connectivity index (χ3v) is 4.06. The summed E-state index contributed by atoms with van der Waals surface area (Å²) in [6, 6.07) is 17.0. The van der Waals surface area contributed by atoms with E-state index in [4.69, 9.17) is 0 Å². The molecule has 1 aromatic heterocycles. The fourth-order valence-corrected chi connectivity index (χ4v) is 2.78. The largest absolute Gasteiger partial charge is 0.345 e. The van der Waals surface area contributed by atoms with Crippen LogP contribution in [0.4, 0.5) is 0 Å². The van der Waals surface area contributed by atoms with Crippen LogP contribution in [-0.4, -0.2) is 10.9 Å². The van der Waals surface area contributed by atoms with Crippen molar-refractivity contribution in [3.8, 4) is 0 Å². The number of H-pyrrole nitrogens is 1. The van der Waals surface area contributed by atoms with Gasteiger partial charge in [-0.2, -0.15) is 0 Å². The van der Waals surface area contributed by atoms with Crippen LogP contribution in [0, 0.1) is 6.92 Å². The van der Waals surface area contributed by atoms with E-state index in [9.17, 15) is 9.59 Å². The standard InChI is InChI=1S/C19H18N2O2/c1-12-15-10-6-7-11-16(15)21-19(23)17(12)18(22)20-13(2)14-8-4-3-5-9-14/h3-11,13H,1-2H3,(H,20,22)(H,21,23). The average molecular weight is 306 g/mol. The third-order valence-electron chi connectivity index (χ3n) is 4.06. The highest BCUT2D eigenvalue weighted by Gasteiger charge is 2.18. The van der Waals surface area contributed by atoms with Crippen LogP contribution in [0.15, 0.2) is 59.4 Å². The van der Waals surface area contributed by atoms with E-state index in [1.807, 2.05) is 61.5 Å². The quantitative estimate of drug-likeness (QED) is 0.779. The number of aromatic nitrogens is 1. The summed E-state index contributed by atoms with van der Waals surface area (Å²) >= 11 is 0. The Balaban J connectivity index is 1.97. The highest BCUT2D eigenvalue weighted by Crippen LogP contribution is 2.18. The van der Waals surface area contributed by atoms with E-state index in [0.717, 1.165) is 16.5 Å². The van der Waals surface area contributed by atoms with E-state index in [1.165, 1.54) is 0 Å². The molecule has 2 aromatic carbocycles. The highest BCUT2D eigenvalue weighted by molar-refractivity contribution is 6.00. The molecule has 4 nitrogen and oxygen atoms in total. The van der Waals surface area contributed by atoms with E-state index in [0.29, 0.717) is 5.56 Å². The summed E-state index contributed by atoms with van der Waals surface area (Å²) in [5.74, 6) is -0.356. The molecule has 0 fully saturated rings. The van der Waals surface area contributed by atoms with Crippen molar-refractivity contribution in [3.05, 3.63) is 81.6 Å². The normalized spacial score (nSPS) is 12.1. The van der Waals surface area contributed by atoms with E-state index in [-0.39, 0.29) is 23.1 Å². The lowest BCUT2D eigenvalue weighted by Gasteiger charge is -2.15. The Hall–Kier alpha value is -2.88. The number of para-hydroxylation sites is 1. The minimum Gasteiger partial charge on any atom is -0.345 e. The Morgan fingerprint density at radius 3 is 2.43 bits per heavy atom. The van der Waals surface area contributed by atoms with E-state index in [1.54, 1.807) is 6.92 Å². The maximum absolute atomic E-state index is 12.6. The van der Waals surface area contributed by atoms with Crippen molar-refractivity contribution < 1.29 is 4.79 Å². The molecule has 0 bridgehead atoms. The predicted octanol–water partition coefficient (Wildman–Crippen LogP) is 3.33. The Morgan fingerprint density at radius 2 is 1.70 bits per heavy atom. The minimum absolute atomic E-state index is 0.172. The predicted molar refractivity (Wildman–Crippen MR) is 91.6 cm³/mol. The fraction of sp³-hybridized carbons (Fsp3) is 0.158. The molecule has 1 heterocycles. The van der Waals surface area contributed by atoms with Crippen LogP contribution in [0.2, 0.25) is 0 Å². The second-order valence-corrected chi connectivity index (χ2v) is 5.61. The summed E-state index contributed by atoms with van der Waals surface area (Å²) < 4.78 is 0. The van der Waals surface area contributed by atoms with E-state index >= 15 is 0 Å². The fourth-order valence-electron chi connectivity index (χ4n) is 2.78. The van der Waals surface area contributed by atoms with Crippen LogP contribution in [0.1, 0.15) is 34.5 Å². The number of benzene rings is 2. The SMILES string of the molecule is Cc1c(C(=O)NC(C)c2ccccc2)c(=O)[nH]c2ccccc12. The number of hydrogen-bond acceptors (Lipinski definition) is 2. The summed E-state index contributed by atoms with van der Waals surface area (Å²) in [5, 5.41) is 3.78. The number of fused-ring (bicyclic) bond motifs is 1. The molecule has 0 aliphatic carbocycles. The van der Waals surface area contributed by atoms with Crippen LogP contribution in [-0.2, 0) is 0 Å². The highest BCUT2D eigenvalue weighted by atomic mass is 16.2. The van der Waals surface area contributed by atoms with Crippen molar-refractivity contribution >= 4 is 16.8 Å². The lowest BCUT2D eigenvalue weighted by atomic mass is 10.0. The number of aryl methyl sites for hydroxylation is 1. The van der Waals surface area contributed by atoms with Gasteiger partial charge >= 0.3 is 0 Å². The molecule has 1 amide bonds. The zero-order valence-electron chi connectivity index (χ0n) is 13.1. The van der Waals surface area contributed by atoms with Gasteiger partial charge in [-0.3, -0.25) is 9.59 Å². The number of rotatable bonds is 3. The van der Waals surface area contributed by atoms with Gasteiger partial charge in [-0.1, -0.05) is 48.5 Å². The van der Waals surface area contributed by atoms with Gasteiger partial charge in [-0.25, -0.2) is 0 Å². The summed E-state index contributed by atoms with van der Waals surface area (Å²) in [4.78, 5) is 27.7. The van der Waals surface area contributed by atoms with Gasteiger partial charge in [-0.05, 0) is 31.0 Å². The van der Waals surface area contributed by atoms with Crippen molar-refractivity contribution in [2.75, 3.05) is 0 Å². The topological polar surface area (TPSA) is 62.0 Å². The van der Waals surface area contributed by atoms with Gasteiger partial charge in [0.2, 0.25) is 0 Å². The first-order chi connectivity index (χ1) is 11.1. The molecule has 1 unspecified atom stereocenters. The van der Waals surface area contributed by atoms with Gasteiger partial charge in [0.15, 0.2) is 0 Å². The molecular formula is C19H18N2O2. The van der Waals surface area contributed by atoms with Gasteiger partial charge in [0.1, 0.15) is 5.56 Å². The zero-order chi connectivity index (χ0) is 16.4. The minimum atomic E-state index is -0.362. The number of carbonyl (C=O) groups is 1. The summed E-state index contributed by atoms with van der Waals surface area (Å²) in [6.45, 7) is 3.71. The molecule has 23 heavy (non-hydrogen) atoms. The molecule has 4 heteroatoms. The molecular weight excluding hydrogens is 288 g/mol. The molecule has 1 atom stereocenters. The van der Waals surface area contributed by atoms with Crippen molar-refractivity contribution in [2.24, 2.45) is 0 Å². The van der Waals surface area contributed by atoms with Gasteiger partial charge in [0, 0.05) is 10.9 Å². The second-order valence-electron chi connectivity index (χ2n) is 5.61. The molecule has 3 rings (SSSR count). The summed E-state index contributed by atoms with van der Waals surface area (Å²) in [7, 11) is 0. The molecule has 0 radical (unpaired) electrons. The monoisotopic (exact) mass is 306 g/mol. The van der Waals surface area contributed by atoms with Crippen LogP contribution >= 0.6 is 0 Å². The Morgan fingerprint density at radius 1 is 1.04 bits per heavy atom. The van der Waals surface area contributed by atoms with Gasteiger partial charge in [-0.15, -0.1) is 0 Å². The number of carbonyl (C=O) groups excluding carboxylic acids is 1. The maximum atomic E-state index is 12.6. The van der Waals surface area contributed by atoms with Crippen LogP contribution in [0.3, 0.4) is 0 Å². The van der Waals surface area contributed by atoms with Crippen LogP contribution in [0.25, 0.3) is 10.9 Å². The Labute approximate surface area is 134 Å². The van der Waals surface area contributed by atoms with Crippen molar-refractivity contribution in [2.45, 2.75) is 19.9 Å². The average Bonchev–Trinajstić information content (AvgIpc) is 2.55. The molecule has 0 spiro atoms. The molecule has 0 aliphatic heterocycles. The van der Waals surface area contributed by atoms with E-state index < -0.39 is 0 Å². The summed E-state index contributed by atoms with van der Waals surface area (Å²) in [6.07, 6.45) is 0. The van der Waals surface area contributed by atoms with Crippen molar-refractivity contribution in [1.82, 2.24) is 10.3 Å². The van der Waals surface area contributed by atoms with Crippen molar-refractivity contribution in [1.29, 1.82) is 0 Å². The Bertz CT molecular complexity index is 914. The third kappa shape index (κ3) is 2.88. The van der Waals surface area contributed by atoms with Crippen LogP contribution < -0.4 is 10.9 Å². The first-order valence-electron chi connectivity index (χ1n) is 7.55. The maximum Gasteiger partial charge on any atom is 0.261 e. The van der Waals surface area contributed by atoms with E-state index in [2.05, 4.69) is 10.3 Å². The number of nitrogens with one attached hydrogen (secondary N) is 2. The Kier molecular flexibility index (Phi) is 3.98. The first kappa shape index (κ1) is 15.0. The smallest absolute Gasteiger partial charge is 0.261 e. The zero-order valence-corrected chi connectivity index (χ0v) is 13.1. The molecule has 3 aromatic rings. The number of aromatic amines is 1. The first-order valence-corrected chi connectivity index (χ1v) is 7.55. The second kappa shape index (κ2) is 6.08. The lowest BCUT2D eigenvalue weighted by Crippen LogP contribution is -2.32. The molecule has 2 N–H and O–H groups in total. The van der Waals surface area contributed by atoms with Gasteiger partial charge in [0.25, 0.3) is 11.5 Å². The number of hydrogen-bond donors (Lipinski definition) is 2. The molecule has 0 saturated heterocycles. The van der Waals surface area contributed by atoms with Gasteiger partial charge in [0.05, 0.1) is 6.04 Å². The van der Waals surface area contributed by atoms with Crippen molar-refractivity contribution in [3.63, 3.8) is 0 Å². The number of amides is 1. The summed E-state index contributed by atoms with van der Waals surface area (Å²) in [5.41, 5.74) is 2.24. The molecule has 0 saturated carbocycles. The van der Waals surface area contributed by atoms with Crippen LogP contribution in [0.5, 0.6) is 0 Å².